The predicted molar refractivity (Wildman–Crippen MR) is 73.4 cm³/mol. The minimum absolute atomic E-state index is 0.0891. The maximum atomic E-state index is 13.3. The van der Waals surface area contributed by atoms with E-state index in [4.69, 9.17) is 0 Å². The lowest BCUT2D eigenvalue weighted by molar-refractivity contribution is 0.251. The first-order chi connectivity index (χ1) is 9.95. The molecule has 6 heteroatoms. The number of benzene rings is 2. The van der Waals surface area contributed by atoms with E-state index in [1.807, 2.05) is 0 Å². The molecule has 0 atom stereocenters. The lowest BCUT2D eigenvalue weighted by atomic mass is 10.1. The van der Waals surface area contributed by atoms with Crippen LogP contribution in [-0.4, -0.2) is 6.03 Å². The molecule has 0 fully saturated rings. The molecule has 0 aliphatic carbocycles. The molecular weight excluding hydrogens is 281 g/mol. The highest BCUT2D eigenvalue weighted by Crippen LogP contribution is 2.14. The van der Waals surface area contributed by atoms with E-state index in [-0.39, 0.29) is 18.0 Å². The quantitative estimate of drug-likeness (QED) is 0.889. The number of rotatable bonds is 3. The third-order valence-electron chi connectivity index (χ3n) is 2.87. The van der Waals surface area contributed by atoms with Crippen molar-refractivity contribution < 1.29 is 18.0 Å². The monoisotopic (exact) mass is 294 g/mol. The predicted octanol–water partition coefficient (Wildman–Crippen LogP) is 3.73. The average molecular weight is 294 g/mol. The minimum atomic E-state index is -0.869. The molecule has 110 valence electrons. The molecule has 0 aliphatic heterocycles. The van der Waals surface area contributed by atoms with Crippen molar-refractivity contribution in [3.8, 4) is 0 Å². The molecule has 0 saturated carbocycles. The van der Waals surface area contributed by atoms with Gasteiger partial charge in [-0.05, 0) is 36.2 Å². The summed E-state index contributed by atoms with van der Waals surface area (Å²) in [6, 6.07) is 6.76. The van der Waals surface area contributed by atoms with E-state index in [2.05, 4.69) is 10.6 Å². The molecule has 2 N–H and O–H groups in total. The molecular formula is C15H13F3N2O. The molecule has 0 unspecified atom stereocenters. The Kier molecular flexibility index (Phi) is 4.47. The second kappa shape index (κ2) is 6.30. The van der Waals surface area contributed by atoms with Gasteiger partial charge in [-0.1, -0.05) is 12.1 Å². The number of hydrogen-bond acceptors (Lipinski definition) is 1. The van der Waals surface area contributed by atoms with Crippen LogP contribution in [0.1, 0.15) is 11.1 Å². The number of urea groups is 1. The molecule has 0 saturated heterocycles. The standard InChI is InChI=1S/C15H13F3N2O/c1-9-2-3-10(6-12(9)17)8-19-15(21)20-14-5-4-11(16)7-13(14)18/h2-7H,8H2,1H3,(H2,19,20,21). The van der Waals surface area contributed by atoms with Gasteiger partial charge in [0.25, 0.3) is 0 Å². The summed E-state index contributed by atoms with van der Waals surface area (Å²) in [4.78, 5) is 11.6. The Morgan fingerprint density at radius 1 is 1.05 bits per heavy atom. The molecule has 2 aromatic rings. The molecule has 0 spiro atoms. The maximum absolute atomic E-state index is 13.3. The summed E-state index contributed by atoms with van der Waals surface area (Å²) in [5.74, 6) is -1.96. The molecule has 2 aromatic carbocycles. The zero-order valence-corrected chi connectivity index (χ0v) is 11.2. The molecule has 0 aromatic heterocycles. The summed E-state index contributed by atoms with van der Waals surface area (Å²) in [5, 5.41) is 4.71. The third-order valence-corrected chi connectivity index (χ3v) is 2.87. The van der Waals surface area contributed by atoms with E-state index < -0.39 is 17.7 Å². The summed E-state index contributed by atoms with van der Waals surface area (Å²) >= 11 is 0. The van der Waals surface area contributed by atoms with E-state index in [0.717, 1.165) is 12.1 Å². The van der Waals surface area contributed by atoms with Crippen LogP contribution >= 0.6 is 0 Å². The summed E-state index contributed by atoms with van der Waals surface area (Å²) < 4.78 is 39.4. The van der Waals surface area contributed by atoms with Gasteiger partial charge in [0.2, 0.25) is 0 Å². The van der Waals surface area contributed by atoms with Crippen molar-refractivity contribution in [3.05, 3.63) is 65.0 Å². The second-order valence-electron chi connectivity index (χ2n) is 4.52. The Labute approximate surface area is 119 Å². The fraction of sp³-hybridized carbons (Fsp3) is 0.133. The Hall–Kier alpha value is -2.50. The molecule has 0 aliphatic rings. The van der Waals surface area contributed by atoms with Crippen molar-refractivity contribution in [2.24, 2.45) is 0 Å². The first-order valence-electron chi connectivity index (χ1n) is 6.20. The first kappa shape index (κ1) is 14.9. The molecule has 0 bridgehead atoms. The molecule has 3 nitrogen and oxygen atoms in total. The fourth-order valence-electron chi connectivity index (χ4n) is 1.69. The Morgan fingerprint density at radius 3 is 2.48 bits per heavy atom. The van der Waals surface area contributed by atoms with Crippen LogP contribution in [0.3, 0.4) is 0 Å². The SMILES string of the molecule is Cc1ccc(CNC(=O)Nc2ccc(F)cc2F)cc1F. The Balaban J connectivity index is 1.94. The van der Waals surface area contributed by atoms with Crippen LogP contribution in [0.5, 0.6) is 0 Å². The lowest BCUT2D eigenvalue weighted by Crippen LogP contribution is -2.28. The van der Waals surface area contributed by atoms with Crippen LogP contribution in [0.2, 0.25) is 0 Å². The molecule has 2 amide bonds. The number of hydrogen-bond donors (Lipinski definition) is 2. The topological polar surface area (TPSA) is 41.1 Å². The van der Waals surface area contributed by atoms with Crippen molar-refractivity contribution in [2.75, 3.05) is 5.32 Å². The van der Waals surface area contributed by atoms with E-state index in [9.17, 15) is 18.0 Å². The summed E-state index contributed by atoms with van der Waals surface area (Å²) in [7, 11) is 0. The van der Waals surface area contributed by atoms with Gasteiger partial charge in [-0.3, -0.25) is 0 Å². The number of aryl methyl sites for hydroxylation is 1. The van der Waals surface area contributed by atoms with E-state index in [0.29, 0.717) is 17.2 Å². The molecule has 2 rings (SSSR count). The highest BCUT2D eigenvalue weighted by molar-refractivity contribution is 5.89. The highest BCUT2D eigenvalue weighted by atomic mass is 19.1. The third kappa shape index (κ3) is 3.98. The lowest BCUT2D eigenvalue weighted by Gasteiger charge is -2.09. The van der Waals surface area contributed by atoms with Crippen molar-refractivity contribution in [2.45, 2.75) is 13.5 Å². The fourth-order valence-corrected chi connectivity index (χ4v) is 1.69. The van der Waals surface area contributed by atoms with Gasteiger partial charge in [0.1, 0.15) is 17.5 Å². The normalized spacial score (nSPS) is 10.3. The smallest absolute Gasteiger partial charge is 0.319 e. The van der Waals surface area contributed by atoms with Gasteiger partial charge in [0, 0.05) is 12.6 Å². The van der Waals surface area contributed by atoms with Gasteiger partial charge in [-0.25, -0.2) is 18.0 Å². The van der Waals surface area contributed by atoms with Gasteiger partial charge in [0.05, 0.1) is 5.69 Å². The average Bonchev–Trinajstić information content (AvgIpc) is 2.43. The number of nitrogens with one attached hydrogen (secondary N) is 2. The largest absolute Gasteiger partial charge is 0.334 e. The van der Waals surface area contributed by atoms with Crippen LogP contribution in [0, 0.1) is 24.4 Å². The van der Waals surface area contributed by atoms with E-state index in [1.165, 1.54) is 6.07 Å². The zero-order valence-electron chi connectivity index (χ0n) is 11.2. The van der Waals surface area contributed by atoms with Crippen LogP contribution in [-0.2, 0) is 6.54 Å². The van der Waals surface area contributed by atoms with Gasteiger partial charge in [-0.2, -0.15) is 0 Å². The van der Waals surface area contributed by atoms with Crippen LogP contribution < -0.4 is 10.6 Å². The van der Waals surface area contributed by atoms with Gasteiger partial charge in [-0.15, -0.1) is 0 Å². The van der Waals surface area contributed by atoms with Gasteiger partial charge >= 0.3 is 6.03 Å². The number of anilines is 1. The molecule has 0 radical (unpaired) electrons. The second-order valence-corrected chi connectivity index (χ2v) is 4.52. The van der Waals surface area contributed by atoms with E-state index in [1.54, 1.807) is 19.1 Å². The van der Waals surface area contributed by atoms with Crippen LogP contribution in [0.15, 0.2) is 36.4 Å². The number of amides is 2. The summed E-state index contributed by atoms with van der Waals surface area (Å²) in [6.45, 7) is 1.72. The van der Waals surface area contributed by atoms with Crippen molar-refractivity contribution in [1.82, 2.24) is 5.32 Å². The van der Waals surface area contributed by atoms with E-state index >= 15 is 0 Å². The summed E-state index contributed by atoms with van der Waals surface area (Å²) in [6.07, 6.45) is 0. The minimum Gasteiger partial charge on any atom is -0.334 e. The van der Waals surface area contributed by atoms with Crippen LogP contribution in [0.25, 0.3) is 0 Å². The number of carbonyl (C=O) groups is 1. The van der Waals surface area contributed by atoms with Crippen molar-refractivity contribution in [1.29, 1.82) is 0 Å². The molecule has 21 heavy (non-hydrogen) atoms. The van der Waals surface area contributed by atoms with Crippen molar-refractivity contribution in [3.63, 3.8) is 0 Å². The van der Waals surface area contributed by atoms with Gasteiger partial charge in [0.15, 0.2) is 0 Å². The Bertz CT molecular complexity index is 674. The highest BCUT2D eigenvalue weighted by Gasteiger charge is 2.08. The first-order valence-corrected chi connectivity index (χ1v) is 6.20. The number of carbonyl (C=O) groups excluding carboxylic acids is 1. The van der Waals surface area contributed by atoms with Crippen molar-refractivity contribution >= 4 is 11.7 Å². The zero-order chi connectivity index (χ0) is 15.4. The molecule has 0 heterocycles. The Morgan fingerprint density at radius 2 is 1.81 bits per heavy atom. The number of halogens is 3. The van der Waals surface area contributed by atoms with Crippen LogP contribution in [0.4, 0.5) is 23.7 Å². The maximum Gasteiger partial charge on any atom is 0.319 e. The van der Waals surface area contributed by atoms with Gasteiger partial charge < -0.3 is 10.6 Å². The summed E-state index contributed by atoms with van der Waals surface area (Å²) in [5.41, 5.74) is 0.952.